The van der Waals surface area contributed by atoms with E-state index in [0.717, 1.165) is 56.3 Å². The molecule has 1 fully saturated rings. The normalized spacial score (nSPS) is 14.4. The van der Waals surface area contributed by atoms with Gasteiger partial charge in [0.15, 0.2) is 17.5 Å². The Balaban J connectivity index is 0.00000385. The van der Waals surface area contributed by atoms with E-state index in [1.807, 2.05) is 38.2 Å². The fourth-order valence-corrected chi connectivity index (χ4v) is 3.63. The molecule has 8 nitrogen and oxygen atoms in total. The summed E-state index contributed by atoms with van der Waals surface area (Å²) in [5.41, 5.74) is 1.96. The summed E-state index contributed by atoms with van der Waals surface area (Å²) in [5, 5.41) is 6.63. The molecular formula is C24H37IN6O2. The maximum absolute atomic E-state index is 5.67. The third kappa shape index (κ3) is 7.92. The number of guanidine groups is 1. The van der Waals surface area contributed by atoms with Crippen LogP contribution in [-0.2, 0) is 6.54 Å². The predicted octanol–water partition coefficient (Wildman–Crippen LogP) is 3.83. The summed E-state index contributed by atoms with van der Waals surface area (Å²) in [5.74, 6) is 3.16. The number of rotatable bonds is 9. The van der Waals surface area contributed by atoms with Gasteiger partial charge in [0.05, 0.1) is 20.3 Å². The smallest absolute Gasteiger partial charge is 0.196 e. The van der Waals surface area contributed by atoms with E-state index in [4.69, 9.17) is 14.5 Å². The van der Waals surface area contributed by atoms with Crippen LogP contribution in [0.5, 0.6) is 11.5 Å². The second-order valence-electron chi connectivity index (χ2n) is 7.56. The zero-order valence-electron chi connectivity index (χ0n) is 20.1. The zero-order valence-corrected chi connectivity index (χ0v) is 22.5. The van der Waals surface area contributed by atoms with Crippen molar-refractivity contribution >= 4 is 41.4 Å². The number of anilines is 2. The number of hydrogen-bond donors (Lipinski definition) is 2. The monoisotopic (exact) mass is 568 g/mol. The zero-order chi connectivity index (χ0) is 22.8. The molecule has 2 N–H and O–H groups in total. The SMILES string of the molecule is CCNC(=NCc1ccc(N2CCN(CC)CC2)nc1)Nc1ccc(OC)c(OCC)c1.I. The first kappa shape index (κ1) is 27.0. The number of nitrogens with zero attached hydrogens (tertiary/aromatic N) is 4. The quantitative estimate of drug-likeness (QED) is 0.271. The summed E-state index contributed by atoms with van der Waals surface area (Å²) in [4.78, 5) is 14.2. The Morgan fingerprint density at radius 2 is 1.85 bits per heavy atom. The second kappa shape index (κ2) is 14.1. The number of halogens is 1. The highest BCUT2D eigenvalue weighted by Gasteiger charge is 2.16. The largest absolute Gasteiger partial charge is 0.493 e. The third-order valence-electron chi connectivity index (χ3n) is 5.44. The lowest BCUT2D eigenvalue weighted by molar-refractivity contribution is 0.270. The number of benzene rings is 1. The average molecular weight is 569 g/mol. The van der Waals surface area contributed by atoms with E-state index in [9.17, 15) is 0 Å². The average Bonchev–Trinajstić information content (AvgIpc) is 2.83. The Morgan fingerprint density at radius 1 is 1.06 bits per heavy atom. The first-order chi connectivity index (χ1) is 15.7. The number of pyridine rings is 1. The van der Waals surface area contributed by atoms with Crippen LogP contribution >= 0.6 is 24.0 Å². The van der Waals surface area contributed by atoms with Crippen molar-refractivity contribution < 1.29 is 9.47 Å². The van der Waals surface area contributed by atoms with Crippen LogP contribution in [-0.4, -0.2) is 68.8 Å². The van der Waals surface area contributed by atoms with Gasteiger partial charge in [-0.2, -0.15) is 0 Å². The van der Waals surface area contributed by atoms with Crippen LogP contribution in [0, 0.1) is 0 Å². The summed E-state index contributed by atoms with van der Waals surface area (Å²) in [6, 6.07) is 9.97. The summed E-state index contributed by atoms with van der Waals surface area (Å²) < 4.78 is 11.0. The number of methoxy groups -OCH3 is 1. The highest BCUT2D eigenvalue weighted by Crippen LogP contribution is 2.30. The molecular weight excluding hydrogens is 531 g/mol. The van der Waals surface area contributed by atoms with E-state index in [0.29, 0.717) is 30.6 Å². The number of hydrogen-bond acceptors (Lipinski definition) is 6. The number of aliphatic imine (C=N–C) groups is 1. The van der Waals surface area contributed by atoms with Gasteiger partial charge in [0.25, 0.3) is 0 Å². The summed E-state index contributed by atoms with van der Waals surface area (Å²) >= 11 is 0. The van der Waals surface area contributed by atoms with Crippen LogP contribution in [0.2, 0.25) is 0 Å². The van der Waals surface area contributed by atoms with E-state index >= 15 is 0 Å². The molecule has 1 saturated heterocycles. The van der Waals surface area contributed by atoms with Gasteiger partial charge in [-0.05, 0) is 44.2 Å². The van der Waals surface area contributed by atoms with Crippen molar-refractivity contribution in [3.8, 4) is 11.5 Å². The Hall–Kier alpha value is -2.27. The van der Waals surface area contributed by atoms with Gasteiger partial charge in [-0.15, -0.1) is 24.0 Å². The highest BCUT2D eigenvalue weighted by atomic mass is 127. The molecule has 9 heteroatoms. The van der Waals surface area contributed by atoms with Crippen molar-refractivity contribution in [1.82, 2.24) is 15.2 Å². The third-order valence-corrected chi connectivity index (χ3v) is 5.44. The molecule has 1 aliphatic heterocycles. The fraction of sp³-hybridized carbons (Fsp3) is 0.500. The molecule has 1 aromatic carbocycles. The highest BCUT2D eigenvalue weighted by molar-refractivity contribution is 14.0. The van der Waals surface area contributed by atoms with E-state index < -0.39 is 0 Å². The Morgan fingerprint density at radius 3 is 2.45 bits per heavy atom. The minimum Gasteiger partial charge on any atom is -0.493 e. The molecule has 1 aliphatic rings. The molecule has 0 unspecified atom stereocenters. The molecule has 1 aromatic heterocycles. The maximum atomic E-state index is 5.67. The van der Waals surface area contributed by atoms with Crippen LogP contribution in [0.4, 0.5) is 11.5 Å². The molecule has 2 aromatic rings. The first-order valence-electron chi connectivity index (χ1n) is 11.4. The lowest BCUT2D eigenvalue weighted by Gasteiger charge is -2.34. The molecule has 3 rings (SSSR count). The molecule has 0 spiro atoms. The maximum Gasteiger partial charge on any atom is 0.196 e. The molecule has 0 amide bonds. The second-order valence-corrected chi connectivity index (χ2v) is 7.56. The topological polar surface area (TPSA) is 74.3 Å². The summed E-state index contributed by atoms with van der Waals surface area (Å²) in [6.07, 6.45) is 1.93. The lowest BCUT2D eigenvalue weighted by atomic mass is 10.2. The first-order valence-corrected chi connectivity index (χ1v) is 11.4. The van der Waals surface area contributed by atoms with Crippen molar-refractivity contribution in [2.45, 2.75) is 27.3 Å². The molecule has 0 radical (unpaired) electrons. The van der Waals surface area contributed by atoms with Crippen molar-refractivity contribution in [3.63, 3.8) is 0 Å². The van der Waals surface area contributed by atoms with Crippen molar-refractivity contribution in [3.05, 3.63) is 42.1 Å². The van der Waals surface area contributed by atoms with Gasteiger partial charge in [0.2, 0.25) is 0 Å². The standard InChI is InChI=1S/C24H36N6O2.HI/c1-5-25-24(28-20-9-10-21(31-4)22(16-20)32-7-3)27-18-19-8-11-23(26-17-19)30-14-12-29(6-2)13-15-30;/h8-11,16-17H,5-7,12-15,18H2,1-4H3,(H2,25,27,28);1H. The van der Waals surface area contributed by atoms with Gasteiger partial charge in [-0.3, -0.25) is 0 Å². The number of nitrogens with one attached hydrogen (secondary N) is 2. The predicted molar refractivity (Wildman–Crippen MR) is 147 cm³/mol. The number of ether oxygens (including phenoxy) is 2. The lowest BCUT2D eigenvalue weighted by Crippen LogP contribution is -2.46. The van der Waals surface area contributed by atoms with Crippen molar-refractivity contribution in [2.24, 2.45) is 4.99 Å². The van der Waals surface area contributed by atoms with Gasteiger partial charge < -0.3 is 29.9 Å². The van der Waals surface area contributed by atoms with Gasteiger partial charge >= 0.3 is 0 Å². The van der Waals surface area contributed by atoms with E-state index in [-0.39, 0.29) is 24.0 Å². The van der Waals surface area contributed by atoms with Crippen LogP contribution in [0.1, 0.15) is 26.3 Å². The van der Waals surface area contributed by atoms with Gasteiger partial charge in [-0.1, -0.05) is 13.0 Å². The summed E-state index contributed by atoms with van der Waals surface area (Å²) in [6.45, 7) is 13.5. The molecule has 0 aliphatic carbocycles. The Bertz CT molecular complexity index is 870. The van der Waals surface area contributed by atoms with Crippen LogP contribution in [0.3, 0.4) is 0 Å². The van der Waals surface area contributed by atoms with Crippen LogP contribution in [0.15, 0.2) is 41.5 Å². The van der Waals surface area contributed by atoms with Gasteiger partial charge in [-0.25, -0.2) is 9.98 Å². The van der Waals surface area contributed by atoms with E-state index in [1.54, 1.807) is 7.11 Å². The Kier molecular flexibility index (Phi) is 11.5. The van der Waals surface area contributed by atoms with Crippen LogP contribution < -0.4 is 25.0 Å². The Labute approximate surface area is 214 Å². The van der Waals surface area contributed by atoms with Gasteiger partial charge in [0, 0.05) is 50.7 Å². The molecule has 33 heavy (non-hydrogen) atoms. The van der Waals surface area contributed by atoms with Crippen molar-refractivity contribution in [1.29, 1.82) is 0 Å². The minimum absolute atomic E-state index is 0. The van der Waals surface area contributed by atoms with E-state index in [2.05, 4.69) is 44.5 Å². The number of piperazine rings is 1. The van der Waals surface area contributed by atoms with E-state index in [1.165, 1.54) is 0 Å². The molecule has 2 heterocycles. The minimum atomic E-state index is 0. The fourth-order valence-electron chi connectivity index (χ4n) is 3.63. The molecule has 182 valence electrons. The van der Waals surface area contributed by atoms with Crippen molar-refractivity contribution in [2.75, 3.05) is 63.2 Å². The van der Waals surface area contributed by atoms with Gasteiger partial charge in [0.1, 0.15) is 5.82 Å². The molecule has 0 atom stereocenters. The number of aromatic nitrogens is 1. The molecule has 0 bridgehead atoms. The molecule has 0 saturated carbocycles. The summed E-state index contributed by atoms with van der Waals surface area (Å²) in [7, 11) is 1.64. The number of likely N-dealkylation sites (N-methyl/N-ethyl adjacent to an activating group) is 1. The van der Waals surface area contributed by atoms with Crippen LogP contribution in [0.25, 0.3) is 0 Å².